The van der Waals surface area contributed by atoms with Crippen molar-refractivity contribution >= 4 is 33.5 Å². The van der Waals surface area contributed by atoms with Gasteiger partial charge in [0, 0.05) is 41.4 Å². The zero-order chi connectivity index (χ0) is 17.6. The molecule has 3 aromatic rings. The summed E-state index contributed by atoms with van der Waals surface area (Å²) in [5.74, 6) is 0.135. The molecule has 5 heteroatoms. The number of carbonyl (C=O) groups excluding carboxylic acids is 2. The van der Waals surface area contributed by atoms with Gasteiger partial charge in [-0.1, -0.05) is 12.1 Å². The van der Waals surface area contributed by atoms with Gasteiger partial charge in [-0.15, -0.1) is 0 Å². The van der Waals surface area contributed by atoms with Crippen molar-refractivity contribution in [1.82, 2.24) is 15.2 Å². The van der Waals surface area contributed by atoms with E-state index in [2.05, 4.69) is 10.3 Å². The number of benzene rings is 2. The zero-order valence-corrected chi connectivity index (χ0v) is 14.5. The molecule has 0 aliphatic heterocycles. The molecule has 1 aliphatic carbocycles. The third-order valence-corrected chi connectivity index (χ3v) is 4.90. The first-order valence-electron chi connectivity index (χ1n) is 8.58. The summed E-state index contributed by atoms with van der Waals surface area (Å²) >= 11 is 0. The van der Waals surface area contributed by atoms with Crippen molar-refractivity contribution < 1.29 is 9.59 Å². The van der Waals surface area contributed by atoms with E-state index in [1.54, 1.807) is 0 Å². The van der Waals surface area contributed by atoms with E-state index in [0.29, 0.717) is 18.5 Å². The first kappa shape index (κ1) is 15.8. The average Bonchev–Trinajstić information content (AvgIpc) is 3.14. The molecule has 1 heterocycles. The first-order valence-corrected chi connectivity index (χ1v) is 8.58. The number of aryl methyl sites for hydroxylation is 1. The molecule has 0 saturated carbocycles. The quantitative estimate of drug-likeness (QED) is 0.770. The number of nitrogens with zero attached hydrogens (tertiary/aromatic N) is 1. The summed E-state index contributed by atoms with van der Waals surface area (Å²) in [6.07, 6.45) is 1.35. The number of amides is 1. The van der Waals surface area contributed by atoms with Crippen molar-refractivity contribution in [3.05, 3.63) is 47.0 Å². The van der Waals surface area contributed by atoms with Crippen molar-refractivity contribution in [2.75, 3.05) is 27.2 Å². The maximum atomic E-state index is 12.6. The van der Waals surface area contributed by atoms with E-state index in [1.165, 1.54) is 0 Å². The van der Waals surface area contributed by atoms with Crippen molar-refractivity contribution in [3.63, 3.8) is 0 Å². The standard InChI is InChI=1S/C20H21N3O2/c1-23(2)11-10-21-20(25)15-5-3-4-14-18-13-7-9-17(24)12(13)6-8-16(18)22-19(14)15/h3-6,8,22H,7,9-11H2,1-2H3,(H,21,25). The minimum Gasteiger partial charge on any atom is -0.354 e. The van der Waals surface area contributed by atoms with Gasteiger partial charge in [-0.2, -0.15) is 0 Å². The molecular formula is C20H21N3O2. The summed E-state index contributed by atoms with van der Waals surface area (Å²) in [5.41, 5.74) is 4.41. The Bertz CT molecular complexity index is 1000. The first-order chi connectivity index (χ1) is 12.1. The lowest BCUT2D eigenvalue weighted by Gasteiger charge is -2.10. The maximum absolute atomic E-state index is 12.6. The van der Waals surface area contributed by atoms with Gasteiger partial charge in [0.2, 0.25) is 0 Å². The number of likely N-dealkylation sites (N-methyl/N-ethyl adjacent to an activating group) is 1. The molecule has 1 aliphatic rings. The number of hydrogen-bond acceptors (Lipinski definition) is 3. The smallest absolute Gasteiger partial charge is 0.253 e. The van der Waals surface area contributed by atoms with Crippen LogP contribution >= 0.6 is 0 Å². The Kier molecular flexibility index (Phi) is 3.81. The van der Waals surface area contributed by atoms with E-state index >= 15 is 0 Å². The molecular weight excluding hydrogens is 314 g/mol. The van der Waals surface area contributed by atoms with Crippen LogP contribution in [0, 0.1) is 0 Å². The molecule has 1 amide bonds. The van der Waals surface area contributed by atoms with E-state index in [1.807, 2.05) is 49.3 Å². The van der Waals surface area contributed by atoms with E-state index in [4.69, 9.17) is 0 Å². The number of para-hydroxylation sites is 1. The van der Waals surface area contributed by atoms with Gasteiger partial charge in [0.1, 0.15) is 0 Å². The second-order valence-electron chi connectivity index (χ2n) is 6.85. The second kappa shape index (κ2) is 6.01. The number of aromatic nitrogens is 1. The fourth-order valence-electron chi connectivity index (χ4n) is 3.66. The summed E-state index contributed by atoms with van der Waals surface area (Å²) in [5, 5.41) is 5.07. The molecule has 0 fully saturated rings. The van der Waals surface area contributed by atoms with Crippen molar-refractivity contribution in [2.24, 2.45) is 0 Å². The Morgan fingerprint density at radius 2 is 2.04 bits per heavy atom. The number of hydrogen-bond donors (Lipinski definition) is 2. The van der Waals surface area contributed by atoms with Crippen LogP contribution in [0.4, 0.5) is 0 Å². The Hall–Kier alpha value is -2.66. The number of ketones is 1. The molecule has 1 aromatic heterocycles. The molecule has 5 nitrogen and oxygen atoms in total. The van der Waals surface area contributed by atoms with Crippen LogP contribution in [0.5, 0.6) is 0 Å². The SMILES string of the molecule is CN(C)CCNC(=O)c1cccc2c1[nH]c1ccc3c(c12)CCC3=O. The van der Waals surface area contributed by atoms with Gasteiger partial charge < -0.3 is 15.2 Å². The van der Waals surface area contributed by atoms with Crippen LogP contribution in [-0.4, -0.2) is 48.8 Å². The molecule has 0 bridgehead atoms. The van der Waals surface area contributed by atoms with Crippen LogP contribution in [0.25, 0.3) is 21.8 Å². The van der Waals surface area contributed by atoms with Crippen LogP contribution in [0.15, 0.2) is 30.3 Å². The minimum absolute atomic E-state index is 0.0771. The normalized spacial score (nSPS) is 13.8. The predicted molar refractivity (Wildman–Crippen MR) is 99.3 cm³/mol. The number of fused-ring (bicyclic) bond motifs is 5. The van der Waals surface area contributed by atoms with Gasteiger partial charge in [0.25, 0.3) is 5.91 Å². The highest BCUT2D eigenvalue weighted by Gasteiger charge is 2.24. The Morgan fingerprint density at radius 3 is 2.84 bits per heavy atom. The molecule has 0 atom stereocenters. The van der Waals surface area contributed by atoms with Crippen LogP contribution in [0.3, 0.4) is 0 Å². The summed E-state index contributed by atoms with van der Waals surface area (Å²) < 4.78 is 0. The fourth-order valence-corrected chi connectivity index (χ4v) is 3.66. The van der Waals surface area contributed by atoms with Crippen LogP contribution < -0.4 is 5.32 Å². The molecule has 0 saturated heterocycles. The number of H-pyrrole nitrogens is 1. The van der Waals surface area contributed by atoms with Gasteiger partial charge in [-0.3, -0.25) is 9.59 Å². The predicted octanol–water partition coefficient (Wildman–Crippen LogP) is 2.74. The lowest BCUT2D eigenvalue weighted by atomic mass is 10.0. The van der Waals surface area contributed by atoms with E-state index in [0.717, 1.165) is 45.9 Å². The monoisotopic (exact) mass is 335 g/mol. The molecule has 2 aromatic carbocycles. The van der Waals surface area contributed by atoms with Crippen LogP contribution in [0.2, 0.25) is 0 Å². The van der Waals surface area contributed by atoms with Crippen molar-refractivity contribution in [1.29, 1.82) is 0 Å². The zero-order valence-electron chi connectivity index (χ0n) is 14.5. The molecule has 0 radical (unpaired) electrons. The molecule has 2 N–H and O–H groups in total. The van der Waals surface area contributed by atoms with Gasteiger partial charge in [-0.25, -0.2) is 0 Å². The topological polar surface area (TPSA) is 65.2 Å². The summed E-state index contributed by atoms with van der Waals surface area (Å²) in [7, 11) is 3.96. The van der Waals surface area contributed by atoms with Gasteiger partial charge in [0.15, 0.2) is 5.78 Å². The number of Topliss-reactive ketones (excluding diaryl/α,β-unsaturated/α-hetero) is 1. The summed E-state index contributed by atoms with van der Waals surface area (Å²) in [6.45, 7) is 1.40. The highest BCUT2D eigenvalue weighted by Crippen LogP contribution is 2.35. The van der Waals surface area contributed by atoms with E-state index in [-0.39, 0.29) is 11.7 Å². The highest BCUT2D eigenvalue weighted by atomic mass is 16.1. The van der Waals surface area contributed by atoms with Gasteiger partial charge in [-0.05, 0) is 44.3 Å². The Balaban J connectivity index is 1.80. The number of nitrogens with one attached hydrogen (secondary N) is 2. The number of carbonyl (C=O) groups is 2. The minimum atomic E-state index is -0.0771. The Morgan fingerprint density at radius 1 is 1.20 bits per heavy atom. The molecule has 0 unspecified atom stereocenters. The van der Waals surface area contributed by atoms with Gasteiger partial charge >= 0.3 is 0 Å². The summed E-state index contributed by atoms with van der Waals surface area (Å²) in [6, 6.07) is 9.62. The lowest BCUT2D eigenvalue weighted by molar-refractivity contribution is 0.0951. The number of rotatable bonds is 4. The molecule has 4 rings (SSSR count). The summed E-state index contributed by atoms with van der Waals surface area (Å²) in [4.78, 5) is 30.1. The van der Waals surface area contributed by atoms with Crippen molar-refractivity contribution in [3.8, 4) is 0 Å². The number of aromatic amines is 1. The van der Waals surface area contributed by atoms with E-state index < -0.39 is 0 Å². The largest absolute Gasteiger partial charge is 0.354 e. The molecule has 0 spiro atoms. The van der Waals surface area contributed by atoms with E-state index in [9.17, 15) is 9.59 Å². The lowest BCUT2D eigenvalue weighted by Crippen LogP contribution is -2.31. The highest BCUT2D eigenvalue weighted by molar-refractivity contribution is 6.18. The average molecular weight is 335 g/mol. The Labute approximate surface area is 146 Å². The third kappa shape index (κ3) is 2.61. The van der Waals surface area contributed by atoms with Crippen molar-refractivity contribution in [2.45, 2.75) is 12.8 Å². The third-order valence-electron chi connectivity index (χ3n) is 4.90. The van der Waals surface area contributed by atoms with Crippen LogP contribution in [-0.2, 0) is 6.42 Å². The molecule has 128 valence electrons. The fraction of sp³-hybridized carbons (Fsp3) is 0.300. The van der Waals surface area contributed by atoms with Gasteiger partial charge in [0.05, 0.1) is 11.1 Å². The maximum Gasteiger partial charge on any atom is 0.253 e. The molecule has 25 heavy (non-hydrogen) atoms. The second-order valence-corrected chi connectivity index (χ2v) is 6.85. The van der Waals surface area contributed by atoms with Crippen LogP contribution in [0.1, 0.15) is 32.7 Å².